The summed E-state index contributed by atoms with van der Waals surface area (Å²) in [7, 11) is 0. The van der Waals surface area contributed by atoms with Crippen molar-refractivity contribution in [3.8, 4) is 22.8 Å². The van der Waals surface area contributed by atoms with Crippen LogP contribution >= 0.6 is 0 Å². The van der Waals surface area contributed by atoms with Crippen LogP contribution < -0.4 is 15.4 Å². The van der Waals surface area contributed by atoms with E-state index in [1.54, 1.807) is 12.3 Å². The second-order valence-corrected chi connectivity index (χ2v) is 10.8. The summed E-state index contributed by atoms with van der Waals surface area (Å²) in [5, 5.41) is 12.2. The zero-order chi connectivity index (χ0) is 31.1. The quantitative estimate of drug-likeness (QED) is 0.198. The predicted molar refractivity (Wildman–Crippen MR) is 162 cm³/mol. The van der Waals surface area contributed by atoms with E-state index in [2.05, 4.69) is 20.3 Å². The van der Waals surface area contributed by atoms with E-state index in [0.29, 0.717) is 29.0 Å². The van der Waals surface area contributed by atoms with Gasteiger partial charge in [-0.1, -0.05) is 24.3 Å². The molecule has 10 nitrogen and oxygen atoms in total. The molecule has 3 aromatic carbocycles. The number of nitrogens with two attached hydrogens (primary N) is 1. The van der Waals surface area contributed by atoms with Crippen LogP contribution in [0.15, 0.2) is 97.5 Å². The summed E-state index contributed by atoms with van der Waals surface area (Å²) in [4.78, 5) is 31.3. The standard InChI is InChI=1S/C33H25F2N7O3/c34-22-6-8-23(9-7-22)42(32(44)33(13-14-33)31(36)43)24-10-11-26(25(35)18-24)45-27-12-16-37-30-28(27)29(39-40-30)21-4-2-20(3-5-21)19-41-17-1-15-38-41/h1-12,15-18H,13-14,19H2,(H2,36,43)(H,37,39,40). The first-order chi connectivity index (χ1) is 21.8. The Balaban J connectivity index is 1.20. The van der Waals surface area contributed by atoms with Crippen molar-refractivity contribution in [3.05, 3.63) is 115 Å². The summed E-state index contributed by atoms with van der Waals surface area (Å²) < 4.78 is 37.3. The highest BCUT2D eigenvalue weighted by molar-refractivity contribution is 6.16. The topological polar surface area (TPSA) is 132 Å². The number of primary amides is 1. The number of benzene rings is 3. The maximum absolute atomic E-state index is 15.7. The average Bonchev–Trinajstić information content (AvgIpc) is 3.49. The summed E-state index contributed by atoms with van der Waals surface area (Å²) in [5.74, 6) is -2.45. The van der Waals surface area contributed by atoms with E-state index in [1.807, 2.05) is 41.2 Å². The molecule has 0 radical (unpaired) electrons. The molecule has 0 saturated heterocycles. The number of aromatic nitrogens is 5. The zero-order valence-electron chi connectivity index (χ0n) is 23.7. The number of nitrogens with zero attached hydrogens (tertiary/aromatic N) is 5. The fourth-order valence-corrected chi connectivity index (χ4v) is 5.27. The van der Waals surface area contributed by atoms with Gasteiger partial charge in [-0.05, 0) is 66.9 Å². The van der Waals surface area contributed by atoms with Crippen molar-refractivity contribution >= 4 is 34.2 Å². The van der Waals surface area contributed by atoms with E-state index in [9.17, 15) is 14.0 Å². The van der Waals surface area contributed by atoms with E-state index in [4.69, 9.17) is 10.5 Å². The van der Waals surface area contributed by atoms with Crippen LogP contribution in [0.3, 0.4) is 0 Å². The van der Waals surface area contributed by atoms with Crippen molar-refractivity contribution in [3.63, 3.8) is 0 Å². The highest BCUT2D eigenvalue weighted by Gasteiger charge is 2.57. The molecule has 7 rings (SSSR count). The van der Waals surface area contributed by atoms with Gasteiger partial charge < -0.3 is 10.5 Å². The third-order valence-electron chi connectivity index (χ3n) is 7.87. The first kappa shape index (κ1) is 27.9. The van der Waals surface area contributed by atoms with Crippen LogP contribution in [0.1, 0.15) is 18.4 Å². The van der Waals surface area contributed by atoms with Gasteiger partial charge in [0, 0.05) is 35.9 Å². The largest absolute Gasteiger partial charge is 0.453 e. The molecule has 12 heteroatoms. The van der Waals surface area contributed by atoms with Crippen LogP contribution in [0.4, 0.5) is 20.2 Å². The van der Waals surface area contributed by atoms with Crippen molar-refractivity contribution in [1.29, 1.82) is 0 Å². The smallest absolute Gasteiger partial charge is 0.247 e. The minimum absolute atomic E-state index is 0.115. The Morgan fingerprint density at radius 2 is 1.71 bits per heavy atom. The second-order valence-electron chi connectivity index (χ2n) is 10.8. The minimum Gasteiger partial charge on any atom is -0.453 e. The van der Waals surface area contributed by atoms with Crippen molar-refractivity contribution in [2.24, 2.45) is 11.1 Å². The number of hydrogen-bond acceptors (Lipinski definition) is 6. The van der Waals surface area contributed by atoms with Gasteiger partial charge in [-0.2, -0.15) is 10.2 Å². The van der Waals surface area contributed by atoms with Crippen molar-refractivity contribution in [2.75, 3.05) is 4.90 Å². The maximum Gasteiger partial charge on any atom is 0.247 e. The molecule has 1 aliphatic carbocycles. The summed E-state index contributed by atoms with van der Waals surface area (Å²) >= 11 is 0. The Morgan fingerprint density at radius 1 is 0.956 bits per heavy atom. The van der Waals surface area contributed by atoms with Crippen LogP contribution in [0, 0.1) is 17.0 Å². The molecule has 0 bridgehead atoms. The summed E-state index contributed by atoms with van der Waals surface area (Å²) in [6.45, 7) is 0.619. The molecule has 45 heavy (non-hydrogen) atoms. The van der Waals surface area contributed by atoms with E-state index < -0.39 is 28.9 Å². The number of carbonyl (C=O) groups is 2. The molecule has 0 spiro atoms. The summed E-state index contributed by atoms with van der Waals surface area (Å²) in [6, 6.07) is 20.4. The molecule has 0 atom stereocenters. The Labute approximate surface area is 255 Å². The highest BCUT2D eigenvalue weighted by Crippen LogP contribution is 2.49. The Bertz CT molecular complexity index is 2040. The van der Waals surface area contributed by atoms with Gasteiger partial charge in [0.05, 0.1) is 17.6 Å². The van der Waals surface area contributed by atoms with Gasteiger partial charge in [-0.25, -0.2) is 13.8 Å². The number of pyridine rings is 1. The molecule has 3 heterocycles. The number of rotatable bonds is 9. The van der Waals surface area contributed by atoms with Gasteiger partial charge in [-0.3, -0.25) is 24.3 Å². The Hall–Kier alpha value is -5.91. The Kier molecular flexibility index (Phi) is 6.80. The number of H-pyrrole nitrogens is 1. The lowest BCUT2D eigenvalue weighted by Crippen LogP contribution is -2.41. The molecular weight excluding hydrogens is 580 g/mol. The normalized spacial score (nSPS) is 13.5. The molecule has 2 amide bonds. The maximum atomic E-state index is 15.7. The lowest BCUT2D eigenvalue weighted by molar-refractivity contribution is -0.133. The van der Waals surface area contributed by atoms with Crippen LogP contribution in [-0.2, 0) is 16.1 Å². The number of fused-ring (bicyclic) bond motifs is 1. The second kappa shape index (κ2) is 11.0. The minimum atomic E-state index is -1.39. The van der Waals surface area contributed by atoms with E-state index >= 15 is 4.39 Å². The van der Waals surface area contributed by atoms with Crippen LogP contribution in [0.2, 0.25) is 0 Å². The number of ether oxygens (including phenoxy) is 1. The van der Waals surface area contributed by atoms with Gasteiger partial charge >= 0.3 is 0 Å². The lowest BCUT2D eigenvalue weighted by Gasteiger charge is -2.26. The summed E-state index contributed by atoms with van der Waals surface area (Å²) in [6.07, 6.45) is 5.69. The number of anilines is 2. The molecule has 0 unspecified atom stereocenters. The van der Waals surface area contributed by atoms with E-state index in [1.165, 1.54) is 47.5 Å². The fourth-order valence-electron chi connectivity index (χ4n) is 5.27. The van der Waals surface area contributed by atoms with Gasteiger partial charge in [-0.15, -0.1) is 0 Å². The monoisotopic (exact) mass is 605 g/mol. The van der Waals surface area contributed by atoms with E-state index in [-0.39, 0.29) is 30.0 Å². The van der Waals surface area contributed by atoms with Crippen LogP contribution in [0.25, 0.3) is 22.3 Å². The molecule has 1 aliphatic rings. The molecule has 3 N–H and O–H groups in total. The van der Waals surface area contributed by atoms with Crippen LogP contribution in [-0.4, -0.2) is 36.8 Å². The van der Waals surface area contributed by atoms with Crippen molar-refractivity contribution in [2.45, 2.75) is 19.4 Å². The molecule has 224 valence electrons. The number of aromatic amines is 1. The lowest BCUT2D eigenvalue weighted by atomic mass is 10.0. The average molecular weight is 606 g/mol. The summed E-state index contributed by atoms with van der Waals surface area (Å²) in [5.41, 5.74) is 7.44. The highest BCUT2D eigenvalue weighted by atomic mass is 19.1. The number of carbonyl (C=O) groups excluding carboxylic acids is 2. The fraction of sp³-hybridized carbons (Fsp3) is 0.121. The molecule has 6 aromatic rings. The first-order valence-corrected chi connectivity index (χ1v) is 14.1. The molecule has 1 fully saturated rings. The van der Waals surface area contributed by atoms with Crippen molar-refractivity contribution in [1.82, 2.24) is 25.0 Å². The number of amides is 2. The van der Waals surface area contributed by atoms with Gasteiger partial charge in [0.1, 0.15) is 22.7 Å². The Morgan fingerprint density at radius 3 is 2.38 bits per heavy atom. The van der Waals surface area contributed by atoms with Crippen molar-refractivity contribution < 1.29 is 23.1 Å². The number of halogens is 2. The van der Waals surface area contributed by atoms with Gasteiger partial charge in [0.2, 0.25) is 11.8 Å². The van der Waals surface area contributed by atoms with Crippen LogP contribution in [0.5, 0.6) is 11.5 Å². The van der Waals surface area contributed by atoms with Gasteiger partial charge in [0.25, 0.3) is 0 Å². The van der Waals surface area contributed by atoms with Gasteiger partial charge in [0.15, 0.2) is 17.2 Å². The molecule has 0 aliphatic heterocycles. The zero-order valence-corrected chi connectivity index (χ0v) is 23.7. The molecule has 3 aromatic heterocycles. The number of nitrogens with one attached hydrogen (secondary N) is 1. The molecule has 1 saturated carbocycles. The predicted octanol–water partition coefficient (Wildman–Crippen LogP) is 5.87. The van der Waals surface area contributed by atoms with E-state index in [0.717, 1.165) is 17.2 Å². The first-order valence-electron chi connectivity index (χ1n) is 14.1. The third kappa shape index (κ3) is 5.16. The number of hydrogen-bond donors (Lipinski definition) is 2. The molecular formula is C33H25F2N7O3. The third-order valence-corrected chi connectivity index (χ3v) is 7.87. The SMILES string of the molecule is NC(=O)C1(C(=O)N(c2ccc(F)cc2)c2ccc(Oc3ccnc4[nH]nc(-c5ccc(Cn6cccn6)cc5)c34)c(F)c2)CC1.